The molecule has 0 aromatic heterocycles. The number of hydrogen-bond acceptors (Lipinski definition) is 7. The molecule has 1 atom stereocenters. The number of benzene rings is 2. The predicted octanol–water partition coefficient (Wildman–Crippen LogP) is 3.14. The molecule has 9 heteroatoms. The molecule has 0 aliphatic carbocycles. The fraction of sp³-hybridized carbons (Fsp3) is 0.333. The van der Waals surface area contributed by atoms with E-state index in [9.17, 15) is 19.7 Å². The first-order valence-electron chi connectivity index (χ1n) is 9.43. The highest BCUT2D eigenvalue weighted by Gasteiger charge is 2.32. The number of anilines is 1. The van der Waals surface area contributed by atoms with Crippen LogP contribution in [0.2, 0.25) is 0 Å². The number of nitro groups is 1. The van der Waals surface area contributed by atoms with Gasteiger partial charge in [-0.1, -0.05) is 18.2 Å². The smallest absolute Gasteiger partial charge is 0.345 e. The maximum absolute atomic E-state index is 12.7. The van der Waals surface area contributed by atoms with Gasteiger partial charge in [-0.05, 0) is 31.9 Å². The van der Waals surface area contributed by atoms with Crippen LogP contribution in [0.5, 0.6) is 11.5 Å². The molecule has 0 saturated carbocycles. The lowest BCUT2D eigenvalue weighted by Crippen LogP contribution is -2.38. The van der Waals surface area contributed by atoms with Gasteiger partial charge in [-0.3, -0.25) is 14.9 Å². The molecule has 0 spiro atoms. The van der Waals surface area contributed by atoms with Gasteiger partial charge in [0.25, 0.3) is 11.6 Å². The summed E-state index contributed by atoms with van der Waals surface area (Å²) in [5, 5.41) is 11.4. The Morgan fingerprint density at radius 1 is 1.23 bits per heavy atom. The predicted molar refractivity (Wildman–Crippen MR) is 108 cm³/mol. The molecule has 0 saturated heterocycles. The molecular formula is C21H22N2O7. The van der Waals surface area contributed by atoms with Crippen molar-refractivity contribution >= 4 is 23.3 Å². The molecule has 0 fully saturated rings. The number of carbonyl (C=O) groups is 2. The summed E-state index contributed by atoms with van der Waals surface area (Å²) in [6.07, 6.45) is 0.706. The van der Waals surface area contributed by atoms with Crippen molar-refractivity contribution in [1.82, 2.24) is 0 Å². The largest absolute Gasteiger partial charge is 0.493 e. The van der Waals surface area contributed by atoms with E-state index in [1.165, 1.54) is 13.2 Å². The average Bonchev–Trinajstić information content (AvgIpc) is 3.07. The van der Waals surface area contributed by atoms with E-state index in [4.69, 9.17) is 14.2 Å². The molecule has 3 rings (SSSR count). The minimum Gasteiger partial charge on any atom is -0.493 e. The fourth-order valence-electron chi connectivity index (χ4n) is 3.51. The molecule has 9 nitrogen and oxygen atoms in total. The van der Waals surface area contributed by atoms with Crippen LogP contribution < -0.4 is 14.4 Å². The van der Waals surface area contributed by atoms with Crippen LogP contribution in [-0.2, 0) is 16.0 Å². The minimum atomic E-state index is -0.987. The van der Waals surface area contributed by atoms with Crippen LogP contribution in [0.4, 0.5) is 11.4 Å². The molecule has 1 aliphatic heterocycles. The fourth-order valence-corrected chi connectivity index (χ4v) is 3.51. The normalized spacial score (nSPS) is 14.8. The van der Waals surface area contributed by atoms with Crippen molar-refractivity contribution < 1.29 is 28.7 Å². The second kappa shape index (κ2) is 8.81. The number of hydrogen-bond donors (Lipinski definition) is 0. The van der Waals surface area contributed by atoms with Gasteiger partial charge >= 0.3 is 5.97 Å². The Bertz CT molecular complexity index is 989. The van der Waals surface area contributed by atoms with E-state index in [1.807, 2.05) is 31.2 Å². The van der Waals surface area contributed by atoms with Gasteiger partial charge in [0.1, 0.15) is 5.56 Å². The van der Waals surface area contributed by atoms with Gasteiger partial charge in [-0.2, -0.15) is 0 Å². The Labute approximate surface area is 173 Å². The maximum atomic E-state index is 12.7. The summed E-state index contributed by atoms with van der Waals surface area (Å²) in [6.45, 7) is 3.37. The van der Waals surface area contributed by atoms with Crippen LogP contribution >= 0.6 is 0 Å². The van der Waals surface area contributed by atoms with Gasteiger partial charge in [-0.15, -0.1) is 0 Å². The van der Waals surface area contributed by atoms with Gasteiger partial charge in [0.2, 0.25) is 0 Å². The molecule has 30 heavy (non-hydrogen) atoms. The molecule has 1 aliphatic rings. The number of nitro benzene ring substituents is 1. The highest BCUT2D eigenvalue weighted by molar-refractivity contribution is 6.00. The van der Waals surface area contributed by atoms with Crippen molar-refractivity contribution in [3.05, 3.63) is 57.6 Å². The minimum absolute atomic E-state index is 0.0755. The zero-order valence-corrected chi connectivity index (χ0v) is 16.9. The van der Waals surface area contributed by atoms with E-state index >= 15 is 0 Å². The summed E-state index contributed by atoms with van der Waals surface area (Å²) in [7, 11) is 1.34. The molecule has 2 aromatic rings. The quantitative estimate of drug-likeness (QED) is 0.389. The van der Waals surface area contributed by atoms with Gasteiger partial charge in [0, 0.05) is 17.8 Å². The summed E-state index contributed by atoms with van der Waals surface area (Å²) in [6, 6.07) is 9.73. The first-order chi connectivity index (χ1) is 14.4. The van der Waals surface area contributed by atoms with Crippen molar-refractivity contribution in [3.8, 4) is 11.5 Å². The molecular weight excluding hydrogens is 392 g/mol. The first-order valence-corrected chi connectivity index (χ1v) is 9.43. The third-order valence-electron chi connectivity index (χ3n) is 4.80. The Morgan fingerprint density at radius 3 is 2.63 bits per heavy atom. The molecule has 0 N–H and O–H groups in total. The summed E-state index contributed by atoms with van der Waals surface area (Å²) < 4.78 is 15.6. The van der Waals surface area contributed by atoms with E-state index < -0.39 is 29.1 Å². The molecule has 0 radical (unpaired) electrons. The number of methoxy groups -OCH3 is 1. The van der Waals surface area contributed by atoms with Gasteiger partial charge in [-0.25, -0.2) is 4.79 Å². The highest BCUT2D eigenvalue weighted by Crippen LogP contribution is 2.35. The third-order valence-corrected chi connectivity index (χ3v) is 4.80. The Morgan fingerprint density at radius 2 is 1.97 bits per heavy atom. The number of fused-ring (bicyclic) bond motifs is 1. The van der Waals surface area contributed by atoms with Gasteiger partial charge in [0.15, 0.2) is 18.1 Å². The lowest BCUT2D eigenvalue weighted by atomic mass is 10.1. The molecule has 0 bridgehead atoms. The number of ether oxygens (including phenoxy) is 3. The standard InChI is InChI=1S/C21H22N2O7/c1-4-29-19-10-15(17(23(26)27)11-18(19)28-3)21(25)30-12-20(24)22-13(2)9-14-7-5-6-8-16(14)22/h5-8,10-11,13H,4,9,12H2,1-3H3/t13-/m0/s1. The number of carbonyl (C=O) groups excluding carboxylic acids is 2. The summed E-state index contributed by atoms with van der Waals surface area (Å²) in [5.74, 6) is -1.09. The monoisotopic (exact) mass is 414 g/mol. The number of rotatable bonds is 7. The van der Waals surface area contributed by atoms with E-state index in [0.29, 0.717) is 6.42 Å². The van der Waals surface area contributed by atoms with Gasteiger partial charge < -0.3 is 19.1 Å². The number of amides is 1. The maximum Gasteiger partial charge on any atom is 0.345 e. The lowest BCUT2D eigenvalue weighted by molar-refractivity contribution is -0.385. The summed E-state index contributed by atoms with van der Waals surface area (Å²) in [4.78, 5) is 37.6. The average molecular weight is 414 g/mol. The van der Waals surface area contributed by atoms with Gasteiger partial charge in [0.05, 0.1) is 24.7 Å². The Kier molecular flexibility index (Phi) is 6.20. The zero-order chi connectivity index (χ0) is 21.8. The molecule has 1 amide bonds. The lowest BCUT2D eigenvalue weighted by Gasteiger charge is -2.22. The second-order valence-electron chi connectivity index (χ2n) is 6.73. The molecule has 1 heterocycles. The Hall–Kier alpha value is -3.62. The summed E-state index contributed by atoms with van der Waals surface area (Å²) in [5.41, 5.74) is 1.01. The topological polar surface area (TPSA) is 108 Å². The van der Waals surface area contributed by atoms with Crippen molar-refractivity contribution in [2.75, 3.05) is 25.2 Å². The van der Waals surface area contributed by atoms with E-state index in [2.05, 4.69) is 0 Å². The second-order valence-corrected chi connectivity index (χ2v) is 6.73. The highest BCUT2D eigenvalue weighted by atomic mass is 16.6. The number of nitrogens with zero attached hydrogens (tertiary/aromatic N) is 2. The SMILES string of the molecule is CCOc1cc(C(=O)OCC(=O)N2c3ccccc3C[C@@H]2C)c([N+](=O)[O-])cc1OC. The van der Waals surface area contributed by atoms with Crippen molar-refractivity contribution in [3.63, 3.8) is 0 Å². The Balaban J connectivity index is 1.80. The van der Waals surface area contributed by atoms with Crippen LogP contribution in [-0.4, -0.2) is 43.2 Å². The molecule has 158 valence electrons. The van der Waals surface area contributed by atoms with Crippen LogP contribution in [0.3, 0.4) is 0 Å². The van der Waals surface area contributed by atoms with Crippen LogP contribution in [0.25, 0.3) is 0 Å². The first kappa shape index (κ1) is 21.1. The van der Waals surface area contributed by atoms with E-state index in [-0.39, 0.29) is 29.7 Å². The number of para-hydroxylation sites is 1. The molecule has 0 unspecified atom stereocenters. The van der Waals surface area contributed by atoms with Crippen molar-refractivity contribution in [2.45, 2.75) is 26.3 Å². The van der Waals surface area contributed by atoms with E-state index in [1.54, 1.807) is 11.8 Å². The third kappa shape index (κ3) is 4.05. The van der Waals surface area contributed by atoms with E-state index in [0.717, 1.165) is 17.3 Å². The molecule has 2 aromatic carbocycles. The van der Waals surface area contributed by atoms with Crippen molar-refractivity contribution in [2.24, 2.45) is 0 Å². The van der Waals surface area contributed by atoms with Crippen LogP contribution in [0, 0.1) is 10.1 Å². The van der Waals surface area contributed by atoms with Crippen LogP contribution in [0.15, 0.2) is 36.4 Å². The van der Waals surface area contributed by atoms with Crippen LogP contribution in [0.1, 0.15) is 29.8 Å². The zero-order valence-electron chi connectivity index (χ0n) is 16.9. The van der Waals surface area contributed by atoms with Crippen molar-refractivity contribution in [1.29, 1.82) is 0 Å². The summed E-state index contributed by atoms with van der Waals surface area (Å²) >= 11 is 0. The number of esters is 1.